The Hall–Kier alpha value is -2.03. The van der Waals surface area contributed by atoms with Gasteiger partial charge in [0.25, 0.3) is 0 Å². The van der Waals surface area contributed by atoms with Gasteiger partial charge in [-0.25, -0.2) is 0 Å². The molecule has 18 atom stereocenters. The van der Waals surface area contributed by atoms with Crippen LogP contribution >= 0.6 is 0 Å². The monoisotopic (exact) mass is 884 g/mol. The minimum Gasteiger partial charge on any atom is -0.497 e. The van der Waals surface area contributed by atoms with Crippen molar-refractivity contribution in [3.8, 4) is 5.75 Å². The summed E-state index contributed by atoms with van der Waals surface area (Å²) in [6, 6.07) is 6.72. The number of hydrogen-bond donors (Lipinski definition) is 7. The molecule has 3 saturated heterocycles. The van der Waals surface area contributed by atoms with Crippen LogP contribution < -0.4 is 15.4 Å². The lowest BCUT2D eigenvalue weighted by Gasteiger charge is -2.53. The van der Waals surface area contributed by atoms with Crippen molar-refractivity contribution in [2.45, 2.75) is 191 Å². The fourth-order valence-corrected chi connectivity index (χ4v) is 9.89. The van der Waals surface area contributed by atoms with Crippen molar-refractivity contribution in [2.24, 2.45) is 17.8 Å². The Labute approximate surface area is 370 Å². The number of aliphatic hydroxyl groups excluding tert-OH is 2. The number of nitrogens with one attached hydrogen (secondary N) is 2. The van der Waals surface area contributed by atoms with Gasteiger partial charge in [-0.3, -0.25) is 4.79 Å². The van der Waals surface area contributed by atoms with Gasteiger partial charge in [0.05, 0.1) is 49.1 Å². The van der Waals surface area contributed by atoms with E-state index in [1.54, 1.807) is 48.7 Å². The predicted molar refractivity (Wildman–Crippen MR) is 233 cm³/mol. The van der Waals surface area contributed by atoms with E-state index in [-0.39, 0.29) is 43.9 Å². The van der Waals surface area contributed by atoms with Crippen LogP contribution in [-0.2, 0) is 39.8 Å². The zero-order valence-corrected chi connectivity index (χ0v) is 39.8. The Morgan fingerprint density at radius 3 is 2.24 bits per heavy atom. The van der Waals surface area contributed by atoms with E-state index in [4.69, 9.17) is 33.2 Å². The average Bonchev–Trinajstić information content (AvgIpc) is 3.21. The van der Waals surface area contributed by atoms with Crippen molar-refractivity contribution in [2.75, 3.05) is 41.4 Å². The topological polar surface area (TPSA) is 210 Å². The van der Waals surface area contributed by atoms with Crippen molar-refractivity contribution >= 4 is 5.97 Å². The Bertz CT molecular complexity index is 1550. The molecule has 2 unspecified atom stereocenters. The normalized spacial score (nSPS) is 41.9. The second-order valence-electron chi connectivity index (χ2n) is 19.5. The highest BCUT2D eigenvalue weighted by Crippen LogP contribution is 2.43. The minimum absolute atomic E-state index is 0.0476. The summed E-state index contributed by atoms with van der Waals surface area (Å²) in [6.07, 6.45) is -7.83. The van der Waals surface area contributed by atoms with Crippen molar-refractivity contribution in [3.05, 3.63) is 29.8 Å². The molecule has 0 amide bonds. The highest BCUT2D eigenvalue weighted by molar-refractivity contribution is 5.73. The molecule has 1 aromatic carbocycles. The van der Waals surface area contributed by atoms with Gasteiger partial charge in [0.1, 0.15) is 34.8 Å². The number of esters is 1. The zero-order chi connectivity index (χ0) is 46.5. The molecule has 4 rings (SSSR count). The van der Waals surface area contributed by atoms with Crippen molar-refractivity contribution in [1.82, 2.24) is 15.5 Å². The number of cyclic esters (lactones) is 1. The van der Waals surface area contributed by atoms with Gasteiger partial charge in [-0.2, -0.15) is 0 Å². The van der Waals surface area contributed by atoms with Crippen LogP contribution in [0.25, 0.3) is 0 Å². The first-order valence-corrected chi connectivity index (χ1v) is 22.5. The molecule has 62 heavy (non-hydrogen) atoms. The summed E-state index contributed by atoms with van der Waals surface area (Å²) in [4.78, 5) is 16.5. The molecule has 0 aromatic heterocycles. The molecule has 0 aliphatic carbocycles. The van der Waals surface area contributed by atoms with E-state index in [0.29, 0.717) is 19.5 Å². The Morgan fingerprint density at radius 1 is 1.02 bits per heavy atom. The molecule has 16 nitrogen and oxygen atoms in total. The quantitative estimate of drug-likeness (QED) is 0.134. The van der Waals surface area contributed by atoms with Crippen LogP contribution in [0, 0.1) is 17.8 Å². The van der Waals surface area contributed by atoms with Gasteiger partial charge in [0.15, 0.2) is 12.6 Å². The largest absolute Gasteiger partial charge is 0.497 e. The first kappa shape index (κ1) is 52.6. The molecule has 3 fully saturated rings. The lowest BCUT2D eigenvalue weighted by Crippen LogP contribution is -2.70. The van der Waals surface area contributed by atoms with E-state index in [1.165, 1.54) is 14.0 Å². The van der Waals surface area contributed by atoms with Crippen molar-refractivity contribution in [1.29, 1.82) is 0 Å². The molecule has 358 valence electrons. The van der Waals surface area contributed by atoms with Gasteiger partial charge in [-0.1, -0.05) is 32.9 Å². The van der Waals surface area contributed by atoms with Crippen LogP contribution in [0.3, 0.4) is 0 Å². The molecule has 16 heteroatoms. The molecule has 1 aromatic rings. The van der Waals surface area contributed by atoms with Crippen LogP contribution in [-0.4, -0.2) is 168 Å². The fourth-order valence-electron chi connectivity index (χ4n) is 9.89. The summed E-state index contributed by atoms with van der Waals surface area (Å²) in [7, 11) is 6.90. The summed E-state index contributed by atoms with van der Waals surface area (Å²) in [5.74, 6) is -2.02. The van der Waals surface area contributed by atoms with Gasteiger partial charge in [-0.15, -0.1) is 0 Å². The van der Waals surface area contributed by atoms with Crippen molar-refractivity contribution < 1.29 is 63.5 Å². The number of carbonyl (C=O) groups is 1. The van der Waals surface area contributed by atoms with Crippen molar-refractivity contribution in [3.63, 3.8) is 0 Å². The summed E-state index contributed by atoms with van der Waals surface area (Å²) >= 11 is 0. The standard InChI is InChI=1S/C46H81N3O13/c1-15-35(50)45(10,54)40-30(6)48-23-26(2)21-43(8,53)39(62-42-37(51)34(49(11)12)20-27(3)58-42)28(4)38(29(5)41(52)61-40)60-36-22-44(9,57-14)46(55,31(7)59-36)25-47-24-32-16-18-33(56-13)19-17-32/h16-19,26-31,34-40,42,47-48,50-51,53-55H,15,20-25H2,1-14H3/t26-,27+,28-,29+,30+,31-,34-,35+,36+,37?,38+,39-,40?,42+,43-,44+,45+,46-/m0/s1. The molecular formula is C46H81N3O13. The third-order valence-corrected chi connectivity index (χ3v) is 14.1. The molecule has 0 saturated carbocycles. The molecule has 0 bridgehead atoms. The number of methoxy groups -OCH3 is 2. The van der Waals surface area contributed by atoms with E-state index in [0.717, 1.165) is 11.3 Å². The Kier molecular flexibility index (Phi) is 18.3. The Balaban J connectivity index is 1.74. The number of carbonyl (C=O) groups excluding carboxylic acids is 1. The van der Waals surface area contributed by atoms with E-state index in [2.05, 4.69) is 10.6 Å². The second kappa shape index (κ2) is 21.5. The maximum absolute atomic E-state index is 14.6. The smallest absolute Gasteiger partial charge is 0.311 e. The highest BCUT2D eigenvalue weighted by atomic mass is 16.7. The minimum atomic E-state index is -1.83. The van der Waals surface area contributed by atoms with E-state index in [1.807, 2.05) is 64.0 Å². The maximum Gasteiger partial charge on any atom is 0.311 e. The van der Waals surface area contributed by atoms with Crippen LogP contribution in [0.15, 0.2) is 24.3 Å². The number of benzene rings is 1. The molecule has 3 heterocycles. The highest BCUT2D eigenvalue weighted by Gasteiger charge is 2.58. The van der Waals surface area contributed by atoms with E-state index < -0.39 is 95.5 Å². The number of likely N-dealkylation sites (N-methyl/N-ethyl adjacent to an activating group) is 1. The lowest BCUT2D eigenvalue weighted by molar-refractivity contribution is -0.336. The van der Waals surface area contributed by atoms with Gasteiger partial charge < -0.3 is 74.2 Å². The average molecular weight is 884 g/mol. The maximum atomic E-state index is 14.6. The van der Waals surface area contributed by atoms with Crippen LogP contribution in [0.2, 0.25) is 0 Å². The third kappa shape index (κ3) is 11.9. The van der Waals surface area contributed by atoms with E-state index in [9.17, 15) is 30.3 Å². The lowest BCUT2D eigenvalue weighted by atomic mass is 9.75. The van der Waals surface area contributed by atoms with Gasteiger partial charge in [-0.05, 0) is 112 Å². The Morgan fingerprint density at radius 2 is 1.66 bits per heavy atom. The first-order chi connectivity index (χ1) is 28.8. The predicted octanol–water partition coefficient (Wildman–Crippen LogP) is 2.73. The summed E-state index contributed by atoms with van der Waals surface area (Å²) in [5, 5.41) is 66.0. The number of aliphatic hydroxyl groups is 5. The SMILES string of the molecule is CC[C@@H](O)[C@@](C)(O)C1OC(=O)[C@H](C)[C@H](O[C@@H]2C[C@@](C)(OC)[C@](O)(CNCc3ccc(OC)cc3)[C@H](C)O2)[C@H](C)[C@H](O[C@H]2O[C@H](C)C[C@H](N(C)C)C2O)[C@@](C)(O)C[C@H](C)CN[C@@H]1C. The van der Waals surface area contributed by atoms with Crippen LogP contribution in [0.4, 0.5) is 0 Å². The van der Waals surface area contributed by atoms with Crippen LogP contribution in [0.1, 0.15) is 100 Å². The second-order valence-corrected chi connectivity index (χ2v) is 19.5. The molecule has 0 radical (unpaired) electrons. The fraction of sp³-hybridized carbons (Fsp3) is 0.848. The van der Waals surface area contributed by atoms with Gasteiger partial charge >= 0.3 is 5.97 Å². The zero-order valence-electron chi connectivity index (χ0n) is 39.8. The first-order valence-electron chi connectivity index (χ1n) is 22.5. The number of nitrogens with zero attached hydrogens (tertiary/aromatic N) is 1. The summed E-state index contributed by atoms with van der Waals surface area (Å²) < 4.78 is 44.0. The van der Waals surface area contributed by atoms with Crippen LogP contribution in [0.5, 0.6) is 5.75 Å². The number of hydrogen-bond acceptors (Lipinski definition) is 16. The summed E-state index contributed by atoms with van der Waals surface area (Å²) in [5.41, 5.74) is -5.15. The molecular weight excluding hydrogens is 803 g/mol. The third-order valence-electron chi connectivity index (χ3n) is 14.1. The number of ether oxygens (including phenoxy) is 7. The summed E-state index contributed by atoms with van der Waals surface area (Å²) in [6.45, 7) is 18.5. The molecule has 3 aliphatic rings. The molecule has 7 N–H and O–H groups in total. The van der Waals surface area contributed by atoms with Gasteiger partial charge in [0.2, 0.25) is 0 Å². The molecule has 3 aliphatic heterocycles. The van der Waals surface area contributed by atoms with E-state index >= 15 is 0 Å². The number of rotatable bonds is 14. The molecule has 0 spiro atoms. The van der Waals surface area contributed by atoms with Gasteiger partial charge in [0, 0.05) is 44.6 Å².